The number of rotatable bonds is 2. The largest absolute Gasteiger partial charge is 0.348 e. The van der Waals surface area contributed by atoms with Crippen molar-refractivity contribution in [1.82, 2.24) is 4.90 Å². The van der Waals surface area contributed by atoms with Crippen LogP contribution in [0.3, 0.4) is 0 Å². The summed E-state index contributed by atoms with van der Waals surface area (Å²) in [6, 6.07) is 9.60. The van der Waals surface area contributed by atoms with Gasteiger partial charge in [0.25, 0.3) is 0 Å². The van der Waals surface area contributed by atoms with Gasteiger partial charge in [0.05, 0.1) is 11.5 Å². The van der Waals surface area contributed by atoms with Gasteiger partial charge >= 0.3 is 0 Å². The molecule has 4 nitrogen and oxygen atoms in total. The van der Waals surface area contributed by atoms with Crippen molar-refractivity contribution in [2.45, 2.75) is 12.5 Å². The Morgan fingerprint density at radius 3 is 2.61 bits per heavy atom. The maximum atomic E-state index is 11.4. The maximum absolute atomic E-state index is 11.4. The summed E-state index contributed by atoms with van der Waals surface area (Å²) >= 11 is 5.29. The van der Waals surface area contributed by atoms with Gasteiger partial charge < -0.3 is 10.2 Å². The predicted octanol–water partition coefficient (Wildman–Crippen LogP) is 1.50. The lowest BCUT2D eigenvalue weighted by Crippen LogP contribution is -2.40. The number of nitrogens with one attached hydrogen (secondary N) is 1. The minimum atomic E-state index is -2.88. The highest BCUT2D eigenvalue weighted by molar-refractivity contribution is 7.91. The Balaban J connectivity index is 1.98. The second-order valence-corrected chi connectivity index (χ2v) is 7.08. The van der Waals surface area contributed by atoms with Crippen molar-refractivity contribution in [3.05, 3.63) is 30.3 Å². The Morgan fingerprint density at radius 2 is 2.06 bits per heavy atom. The van der Waals surface area contributed by atoms with Crippen molar-refractivity contribution in [3.8, 4) is 0 Å². The molecule has 1 aliphatic heterocycles. The highest BCUT2D eigenvalue weighted by Gasteiger charge is 2.31. The van der Waals surface area contributed by atoms with Crippen molar-refractivity contribution >= 4 is 32.9 Å². The number of nitrogens with zero attached hydrogens (tertiary/aromatic N) is 1. The molecule has 0 amide bonds. The SMILES string of the molecule is CN(C(=S)Nc1ccccc1)[C@@H]1CCS(=O)(=O)C1. The van der Waals surface area contributed by atoms with Crippen LogP contribution >= 0.6 is 12.2 Å². The van der Waals surface area contributed by atoms with Crippen LogP contribution in [-0.4, -0.2) is 43.0 Å². The third-order valence-electron chi connectivity index (χ3n) is 3.10. The quantitative estimate of drug-likeness (QED) is 0.834. The van der Waals surface area contributed by atoms with Gasteiger partial charge in [-0.15, -0.1) is 0 Å². The lowest BCUT2D eigenvalue weighted by Gasteiger charge is -2.26. The third-order valence-corrected chi connectivity index (χ3v) is 5.24. The summed E-state index contributed by atoms with van der Waals surface area (Å²) in [5, 5.41) is 3.67. The normalized spacial score (nSPS) is 21.5. The third kappa shape index (κ3) is 3.20. The van der Waals surface area contributed by atoms with Gasteiger partial charge in [-0.25, -0.2) is 8.42 Å². The average Bonchev–Trinajstić information content (AvgIpc) is 2.70. The van der Waals surface area contributed by atoms with E-state index in [1.54, 1.807) is 0 Å². The van der Waals surface area contributed by atoms with Crippen LogP contribution < -0.4 is 5.32 Å². The van der Waals surface area contributed by atoms with E-state index in [0.717, 1.165) is 5.69 Å². The average molecular weight is 284 g/mol. The Hall–Kier alpha value is -1.14. The number of benzene rings is 1. The fraction of sp³-hybridized carbons (Fsp3) is 0.417. The van der Waals surface area contributed by atoms with Gasteiger partial charge in [0.15, 0.2) is 14.9 Å². The van der Waals surface area contributed by atoms with E-state index in [0.29, 0.717) is 11.5 Å². The summed E-state index contributed by atoms with van der Waals surface area (Å²) < 4.78 is 22.9. The fourth-order valence-electron chi connectivity index (χ4n) is 1.98. The van der Waals surface area contributed by atoms with E-state index in [1.807, 2.05) is 42.3 Å². The Morgan fingerprint density at radius 1 is 1.39 bits per heavy atom. The van der Waals surface area contributed by atoms with Crippen LogP contribution in [0.15, 0.2) is 30.3 Å². The van der Waals surface area contributed by atoms with E-state index < -0.39 is 9.84 Å². The van der Waals surface area contributed by atoms with Crippen LogP contribution in [-0.2, 0) is 9.84 Å². The number of para-hydroxylation sites is 1. The van der Waals surface area contributed by atoms with E-state index >= 15 is 0 Å². The summed E-state index contributed by atoms with van der Waals surface area (Å²) in [4.78, 5) is 1.84. The van der Waals surface area contributed by atoms with Crippen molar-refractivity contribution in [1.29, 1.82) is 0 Å². The van der Waals surface area contributed by atoms with E-state index in [2.05, 4.69) is 5.32 Å². The Kier molecular flexibility index (Phi) is 3.87. The second kappa shape index (κ2) is 5.24. The van der Waals surface area contributed by atoms with Crippen molar-refractivity contribution < 1.29 is 8.42 Å². The minimum absolute atomic E-state index is 0.0151. The molecule has 1 N–H and O–H groups in total. The molecular formula is C12H16N2O2S2. The lowest BCUT2D eigenvalue weighted by molar-refractivity contribution is 0.402. The molecule has 18 heavy (non-hydrogen) atoms. The molecule has 0 radical (unpaired) electrons. The van der Waals surface area contributed by atoms with Gasteiger partial charge in [0.1, 0.15) is 0 Å². The Bertz CT molecular complexity index is 528. The summed E-state index contributed by atoms with van der Waals surface area (Å²) in [6.45, 7) is 0. The molecule has 0 bridgehead atoms. The van der Waals surface area contributed by atoms with Crippen LogP contribution in [0.1, 0.15) is 6.42 Å². The number of sulfone groups is 1. The minimum Gasteiger partial charge on any atom is -0.348 e. The molecule has 6 heteroatoms. The first-order chi connectivity index (χ1) is 8.48. The fourth-order valence-corrected chi connectivity index (χ4v) is 4.02. The van der Waals surface area contributed by atoms with E-state index in [4.69, 9.17) is 12.2 Å². The number of hydrogen-bond donors (Lipinski definition) is 1. The summed E-state index contributed by atoms with van der Waals surface area (Å²) in [5.74, 6) is 0.454. The molecule has 2 rings (SSSR count). The van der Waals surface area contributed by atoms with Gasteiger partial charge in [-0.2, -0.15) is 0 Å². The van der Waals surface area contributed by atoms with Crippen LogP contribution in [0.25, 0.3) is 0 Å². The zero-order valence-corrected chi connectivity index (χ0v) is 11.8. The Labute approximate surface area is 113 Å². The van der Waals surface area contributed by atoms with Gasteiger partial charge in [-0.3, -0.25) is 0 Å². The number of hydrogen-bond acceptors (Lipinski definition) is 3. The standard InChI is InChI=1S/C12H16N2O2S2/c1-14(11-7-8-18(15,16)9-11)12(17)13-10-5-3-2-4-6-10/h2-6,11H,7-9H2,1H3,(H,13,17)/t11-/m1/s1. The molecule has 1 fully saturated rings. The van der Waals surface area contributed by atoms with Crippen molar-refractivity contribution in [2.24, 2.45) is 0 Å². The van der Waals surface area contributed by atoms with E-state index in [9.17, 15) is 8.42 Å². The molecule has 1 aromatic carbocycles. The van der Waals surface area contributed by atoms with E-state index in [1.165, 1.54) is 0 Å². The highest BCUT2D eigenvalue weighted by Crippen LogP contribution is 2.17. The topological polar surface area (TPSA) is 49.4 Å². The first-order valence-electron chi connectivity index (χ1n) is 5.77. The molecule has 0 aliphatic carbocycles. The highest BCUT2D eigenvalue weighted by atomic mass is 32.2. The molecule has 0 spiro atoms. The predicted molar refractivity (Wildman–Crippen MR) is 77.5 cm³/mol. The molecule has 1 atom stereocenters. The summed E-state index contributed by atoms with van der Waals surface area (Å²) in [7, 11) is -1.04. The molecule has 0 saturated carbocycles. The molecule has 1 heterocycles. The van der Waals surface area contributed by atoms with Crippen molar-refractivity contribution in [2.75, 3.05) is 23.9 Å². The van der Waals surface area contributed by atoms with Gasteiger partial charge in [0, 0.05) is 18.8 Å². The lowest BCUT2D eigenvalue weighted by atomic mass is 10.2. The van der Waals surface area contributed by atoms with E-state index in [-0.39, 0.29) is 17.5 Å². The second-order valence-electron chi connectivity index (χ2n) is 4.46. The van der Waals surface area contributed by atoms with Gasteiger partial charge in [-0.1, -0.05) is 18.2 Å². The van der Waals surface area contributed by atoms with Crippen LogP contribution in [0.5, 0.6) is 0 Å². The molecule has 98 valence electrons. The summed E-state index contributed by atoms with van der Waals surface area (Å²) in [5.41, 5.74) is 0.912. The van der Waals surface area contributed by atoms with Crippen LogP contribution in [0.2, 0.25) is 0 Å². The summed E-state index contributed by atoms with van der Waals surface area (Å²) in [6.07, 6.45) is 0.648. The molecular weight excluding hydrogens is 268 g/mol. The number of anilines is 1. The first-order valence-corrected chi connectivity index (χ1v) is 8.00. The molecule has 0 aromatic heterocycles. The molecule has 0 unspecified atom stereocenters. The molecule has 1 saturated heterocycles. The zero-order chi connectivity index (χ0) is 13.2. The zero-order valence-electron chi connectivity index (χ0n) is 10.2. The van der Waals surface area contributed by atoms with Gasteiger partial charge in [-0.05, 0) is 30.8 Å². The molecule has 1 aliphatic rings. The monoisotopic (exact) mass is 284 g/mol. The van der Waals surface area contributed by atoms with Crippen LogP contribution in [0, 0.1) is 0 Å². The first kappa shape index (κ1) is 13.3. The van der Waals surface area contributed by atoms with Crippen molar-refractivity contribution in [3.63, 3.8) is 0 Å². The van der Waals surface area contributed by atoms with Gasteiger partial charge in [0.2, 0.25) is 0 Å². The smallest absolute Gasteiger partial charge is 0.173 e. The molecule has 1 aromatic rings. The van der Waals surface area contributed by atoms with Crippen LogP contribution in [0.4, 0.5) is 5.69 Å². The number of thiocarbonyl (C=S) groups is 1. The maximum Gasteiger partial charge on any atom is 0.173 e.